The van der Waals surface area contributed by atoms with Crippen molar-refractivity contribution in [2.45, 2.75) is 32.2 Å². The first-order valence-corrected chi connectivity index (χ1v) is 5.71. The number of nitrogens with one attached hydrogen (secondary N) is 1. The number of benzene rings is 1. The molecule has 1 unspecified atom stereocenters. The fourth-order valence-electron chi connectivity index (χ4n) is 1.41. The Labute approximate surface area is 95.0 Å². The van der Waals surface area contributed by atoms with Gasteiger partial charge in [-0.2, -0.15) is 0 Å². The fourth-order valence-corrected chi connectivity index (χ4v) is 1.83. The summed E-state index contributed by atoms with van der Waals surface area (Å²) < 4.78 is 1.15. The molecule has 78 valence electrons. The monoisotopic (exact) mass is 255 g/mol. The zero-order valence-electron chi connectivity index (χ0n) is 9.26. The number of likely N-dealkylation sites (N-methyl/N-ethyl adjacent to an activating group) is 1. The third-order valence-electron chi connectivity index (χ3n) is 3.08. The van der Waals surface area contributed by atoms with Gasteiger partial charge in [0.2, 0.25) is 0 Å². The standard InChI is InChI=1S/C12H18BrN/c1-9(12(2,3)14-4)10-6-5-7-11(13)8-10/h5-9,14H,1-4H3. The molecule has 0 spiro atoms. The van der Waals surface area contributed by atoms with Crippen molar-refractivity contribution in [3.05, 3.63) is 34.3 Å². The molecule has 14 heavy (non-hydrogen) atoms. The van der Waals surface area contributed by atoms with Gasteiger partial charge in [0.15, 0.2) is 0 Å². The lowest BCUT2D eigenvalue weighted by Crippen LogP contribution is -2.41. The zero-order chi connectivity index (χ0) is 10.8. The minimum absolute atomic E-state index is 0.126. The maximum Gasteiger partial charge on any atom is 0.0188 e. The van der Waals surface area contributed by atoms with E-state index in [1.54, 1.807) is 0 Å². The fraction of sp³-hybridized carbons (Fsp3) is 0.500. The minimum Gasteiger partial charge on any atom is -0.314 e. The van der Waals surface area contributed by atoms with Crippen LogP contribution in [0.2, 0.25) is 0 Å². The average molecular weight is 256 g/mol. The summed E-state index contributed by atoms with van der Waals surface area (Å²) in [6.07, 6.45) is 0. The van der Waals surface area contributed by atoms with Crippen molar-refractivity contribution in [3.63, 3.8) is 0 Å². The molecule has 1 nitrogen and oxygen atoms in total. The highest BCUT2D eigenvalue weighted by Gasteiger charge is 2.24. The third-order valence-corrected chi connectivity index (χ3v) is 3.57. The lowest BCUT2D eigenvalue weighted by Gasteiger charge is -2.32. The highest BCUT2D eigenvalue weighted by atomic mass is 79.9. The molecule has 0 radical (unpaired) electrons. The molecular weight excluding hydrogens is 238 g/mol. The Hall–Kier alpha value is -0.340. The van der Waals surface area contributed by atoms with E-state index in [-0.39, 0.29) is 5.54 Å². The maximum atomic E-state index is 3.50. The summed E-state index contributed by atoms with van der Waals surface area (Å²) in [5, 5.41) is 3.34. The second-order valence-electron chi connectivity index (χ2n) is 4.25. The Morgan fingerprint density at radius 1 is 1.36 bits per heavy atom. The van der Waals surface area contributed by atoms with Gasteiger partial charge in [0.05, 0.1) is 0 Å². The van der Waals surface area contributed by atoms with Gasteiger partial charge in [-0.15, -0.1) is 0 Å². The van der Waals surface area contributed by atoms with E-state index in [0.29, 0.717) is 5.92 Å². The van der Waals surface area contributed by atoms with Gasteiger partial charge in [0.1, 0.15) is 0 Å². The van der Waals surface area contributed by atoms with Crippen molar-refractivity contribution in [2.24, 2.45) is 0 Å². The molecule has 0 bridgehead atoms. The van der Waals surface area contributed by atoms with Gasteiger partial charge in [-0.1, -0.05) is 35.0 Å². The van der Waals surface area contributed by atoms with Crippen molar-refractivity contribution in [3.8, 4) is 0 Å². The normalized spacial score (nSPS) is 14.1. The van der Waals surface area contributed by atoms with E-state index in [2.05, 4.69) is 66.3 Å². The molecule has 1 N–H and O–H groups in total. The average Bonchev–Trinajstić information content (AvgIpc) is 2.16. The summed E-state index contributed by atoms with van der Waals surface area (Å²) in [5.74, 6) is 0.491. The molecule has 1 rings (SSSR count). The molecule has 0 aliphatic carbocycles. The first-order chi connectivity index (χ1) is 6.47. The minimum atomic E-state index is 0.126. The van der Waals surface area contributed by atoms with Crippen LogP contribution in [0.4, 0.5) is 0 Å². The van der Waals surface area contributed by atoms with Crippen molar-refractivity contribution >= 4 is 15.9 Å². The van der Waals surface area contributed by atoms with Crippen molar-refractivity contribution in [2.75, 3.05) is 7.05 Å². The molecule has 0 amide bonds. The molecule has 0 aliphatic heterocycles. The molecule has 0 aliphatic rings. The maximum absolute atomic E-state index is 3.50. The largest absolute Gasteiger partial charge is 0.314 e. The van der Waals surface area contributed by atoms with E-state index >= 15 is 0 Å². The summed E-state index contributed by atoms with van der Waals surface area (Å²) in [4.78, 5) is 0. The Kier molecular flexibility index (Phi) is 3.73. The van der Waals surface area contributed by atoms with E-state index in [9.17, 15) is 0 Å². The molecule has 1 aromatic rings. The number of hydrogen-bond donors (Lipinski definition) is 1. The summed E-state index contributed by atoms with van der Waals surface area (Å²) in [6.45, 7) is 6.69. The van der Waals surface area contributed by atoms with E-state index in [1.807, 2.05) is 7.05 Å². The predicted molar refractivity (Wildman–Crippen MR) is 65.7 cm³/mol. The number of hydrogen-bond acceptors (Lipinski definition) is 1. The van der Waals surface area contributed by atoms with Gasteiger partial charge in [0.25, 0.3) is 0 Å². The molecule has 1 atom stereocenters. The van der Waals surface area contributed by atoms with Crippen molar-refractivity contribution in [1.29, 1.82) is 0 Å². The summed E-state index contributed by atoms with van der Waals surface area (Å²) >= 11 is 3.50. The van der Waals surface area contributed by atoms with Crippen LogP contribution >= 0.6 is 15.9 Å². The molecule has 0 aromatic heterocycles. The smallest absolute Gasteiger partial charge is 0.0188 e. The molecule has 2 heteroatoms. The van der Waals surface area contributed by atoms with Gasteiger partial charge in [-0.05, 0) is 44.5 Å². The molecule has 0 heterocycles. The van der Waals surface area contributed by atoms with Crippen LogP contribution in [0.25, 0.3) is 0 Å². The second-order valence-corrected chi connectivity index (χ2v) is 5.16. The number of halogens is 1. The van der Waals surface area contributed by atoms with Crippen LogP contribution in [0.3, 0.4) is 0 Å². The van der Waals surface area contributed by atoms with Gasteiger partial charge in [-0.25, -0.2) is 0 Å². The third kappa shape index (κ3) is 2.58. The predicted octanol–water partition coefficient (Wildman–Crippen LogP) is 3.55. The van der Waals surface area contributed by atoms with Crippen molar-refractivity contribution < 1.29 is 0 Å². The second kappa shape index (κ2) is 4.45. The Morgan fingerprint density at radius 2 is 2.00 bits per heavy atom. The topological polar surface area (TPSA) is 12.0 Å². The van der Waals surface area contributed by atoms with Crippen LogP contribution in [-0.4, -0.2) is 12.6 Å². The number of rotatable bonds is 3. The summed E-state index contributed by atoms with van der Waals surface area (Å²) in [7, 11) is 2.01. The molecule has 1 aromatic carbocycles. The molecular formula is C12H18BrN. The highest BCUT2D eigenvalue weighted by molar-refractivity contribution is 9.10. The van der Waals surface area contributed by atoms with Crippen LogP contribution in [-0.2, 0) is 0 Å². The van der Waals surface area contributed by atoms with Crippen LogP contribution < -0.4 is 5.32 Å². The van der Waals surface area contributed by atoms with Crippen molar-refractivity contribution in [1.82, 2.24) is 5.32 Å². The Balaban J connectivity index is 2.94. The molecule has 0 saturated heterocycles. The van der Waals surface area contributed by atoms with Gasteiger partial charge in [0, 0.05) is 10.0 Å². The van der Waals surface area contributed by atoms with E-state index in [4.69, 9.17) is 0 Å². The highest BCUT2D eigenvalue weighted by Crippen LogP contribution is 2.28. The Morgan fingerprint density at radius 3 is 2.50 bits per heavy atom. The van der Waals surface area contributed by atoms with E-state index in [0.717, 1.165) is 4.47 Å². The first kappa shape index (κ1) is 11.7. The lowest BCUT2D eigenvalue weighted by atomic mass is 9.84. The summed E-state index contributed by atoms with van der Waals surface area (Å²) in [5.41, 5.74) is 1.49. The van der Waals surface area contributed by atoms with Crippen LogP contribution in [0.5, 0.6) is 0 Å². The molecule has 0 saturated carbocycles. The first-order valence-electron chi connectivity index (χ1n) is 4.92. The van der Waals surface area contributed by atoms with Crippen LogP contribution in [0, 0.1) is 0 Å². The van der Waals surface area contributed by atoms with E-state index in [1.165, 1.54) is 5.56 Å². The quantitative estimate of drug-likeness (QED) is 0.872. The SMILES string of the molecule is CNC(C)(C)C(C)c1cccc(Br)c1. The van der Waals surface area contributed by atoms with Gasteiger partial charge >= 0.3 is 0 Å². The summed E-state index contributed by atoms with van der Waals surface area (Å²) in [6, 6.07) is 8.50. The Bertz CT molecular complexity index is 307. The van der Waals surface area contributed by atoms with E-state index < -0.39 is 0 Å². The lowest BCUT2D eigenvalue weighted by molar-refractivity contribution is 0.360. The van der Waals surface area contributed by atoms with Crippen LogP contribution in [0.1, 0.15) is 32.3 Å². The van der Waals surface area contributed by atoms with Crippen LogP contribution in [0.15, 0.2) is 28.7 Å². The zero-order valence-corrected chi connectivity index (χ0v) is 10.9. The van der Waals surface area contributed by atoms with Gasteiger partial charge in [-0.3, -0.25) is 0 Å². The van der Waals surface area contributed by atoms with Gasteiger partial charge < -0.3 is 5.32 Å². The molecule has 0 fully saturated rings.